The first kappa shape index (κ1) is 15.4. The summed E-state index contributed by atoms with van der Waals surface area (Å²) in [5, 5.41) is 5.99. The number of nitrogens with one attached hydrogen (secondary N) is 1. The lowest BCUT2D eigenvalue weighted by atomic mass is 10.00. The molecule has 0 saturated carbocycles. The Morgan fingerprint density at radius 2 is 1.70 bits per heavy atom. The normalized spacial score (nSPS) is 12.8. The van der Waals surface area contributed by atoms with Gasteiger partial charge in [-0.1, -0.05) is 72.8 Å². The summed E-state index contributed by atoms with van der Waals surface area (Å²) in [5.74, 6) is -0.189. The standard InChI is InChI=1S/C21H20FN/c1-16(19-13-6-10-17-8-2-4-12-20(17)19)23-15-7-11-18-9-3-5-14-21(18)22/h2-14,16,23H,15H2,1H3/b11-7+/t16-/m1/s1. The molecular formula is C21H20FN. The summed E-state index contributed by atoms with van der Waals surface area (Å²) < 4.78 is 13.5. The second kappa shape index (κ2) is 7.21. The Balaban J connectivity index is 1.67. The molecule has 0 bridgehead atoms. The lowest BCUT2D eigenvalue weighted by Gasteiger charge is -2.15. The van der Waals surface area contributed by atoms with E-state index in [1.807, 2.05) is 18.2 Å². The van der Waals surface area contributed by atoms with Crippen LogP contribution in [0.25, 0.3) is 16.8 Å². The number of hydrogen-bond acceptors (Lipinski definition) is 1. The van der Waals surface area contributed by atoms with Gasteiger partial charge in [-0.3, -0.25) is 0 Å². The van der Waals surface area contributed by atoms with Crippen molar-refractivity contribution in [2.45, 2.75) is 13.0 Å². The van der Waals surface area contributed by atoms with Gasteiger partial charge < -0.3 is 5.32 Å². The zero-order valence-corrected chi connectivity index (χ0v) is 13.2. The van der Waals surface area contributed by atoms with E-state index in [9.17, 15) is 4.39 Å². The van der Waals surface area contributed by atoms with E-state index in [0.717, 1.165) is 0 Å². The average molecular weight is 305 g/mol. The number of hydrogen-bond donors (Lipinski definition) is 1. The van der Waals surface area contributed by atoms with Gasteiger partial charge in [-0.25, -0.2) is 4.39 Å². The number of rotatable bonds is 5. The molecule has 116 valence electrons. The molecule has 3 aromatic rings. The Kier molecular flexibility index (Phi) is 4.84. The summed E-state index contributed by atoms with van der Waals surface area (Å²) in [6, 6.07) is 21.8. The molecule has 0 fully saturated rings. The van der Waals surface area contributed by atoms with E-state index in [1.54, 1.807) is 12.1 Å². The first-order valence-electron chi connectivity index (χ1n) is 7.88. The van der Waals surface area contributed by atoms with Crippen LogP contribution in [-0.2, 0) is 0 Å². The molecule has 0 radical (unpaired) electrons. The van der Waals surface area contributed by atoms with Gasteiger partial charge in [0.1, 0.15) is 5.82 Å². The highest BCUT2D eigenvalue weighted by Crippen LogP contribution is 2.23. The summed E-state index contributed by atoms with van der Waals surface area (Å²) >= 11 is 0. The summed E-state index contributed by atoms with van der Waals surface area (Å²) in [7, 11) is 0. The Labute approximate surface area is 136 Å². The average Bonchev–Trinajstić information content (AvgIpc) is 2.59. The van der Waals surface area contributed by atoms with Crippen LogP contribution in [0.15, 0.2) is 72.8 Å². The van der Waals surface area contributed by atoms with Gasteiger partial charge in [-0.2, -0.15) is 0 Å². The van der Waals surface area contributed by atoms with E-state index in [-0.39, 0.29) is 11.9 Å². The molecule has 23 heavy (non-hydrogen) atoms. The molecule has 0 saturated heterocycles. The van der Waals surface area contributed by atoms with Crippen LogP contribution in [0.5, 0.6) is 0 Å². The molecule has 0 aliphatic rings. The molecule has 0 aliphatic carbocycles. The summed E-state index contributed by atoms with van der Waals surface area (Å²) in [6.45, 7) is 2.84. The van der Waals surface area contributed by atoms with Crippen LogP contribution in [0.1, 0.15) is 24.1 Å². The Bertz CT molecular complexity index is 817. The second-order valence-electron chi connectivity index (χ2n) is 5.62. The monoisotopic (exact) mass is 305 g/mol. The quantitative estimate of drug-likeness (QED) is 0.670. The number of benzene rings is 3. The van der Waals surface area contributed by atoms with Gasteiger partial charge in [0.2, 0.25) is 0 Å². The highest BCUT2D eigenvalue weighted by atomic mass is 19.1. The number of fused-ring (bicyclic) bond motifs is 1. The van der Waals surface area contributed by atoms with Gasteiger partial charge in [-0.05, 0) is 29.3 Å². The van der Waals surface area contributed by atoms with Gasteiger partial charge in [0, 0.05) is 18.2 Å². The lowest BCUT2D eigenvalue weighted by molar-refractivity contribution is 0.620. The van der Waals surface area contributed by atoms with E-state index in [4.69, 9.17) is 0 Å². The molecule has 3 rings (SSSR count). The van der Waals surface area contributed by atoms with Crippen molar-refractivity contribution in [3.8, 4) is 0 Å². The molecular weight excluding hydrogens is 285 g/mol. The van der Waals surface area contributed by atoms with Crippen molar-refractivity contribution in [3.63, 3.8) is 0 Å². The maximum atomic E-state index is 13.5. The maximum absolute atomic E-state index is 13.5. The van der Waals surface area contributed by atoms with Crippen LogP contribution in [0.4, 0.5) is 4.39 Å². The predicted molar refractivity (Wildman–Crippen MR) is 95.8 cm³/mol. The first-order chi connectivity index (χ1) is 11.3. The molecule has 0 unspecified atom stereocenters. The van der Waals surface area contributed by atoms with Crippen LogP contribution >= 0.6 is 0 Å². The van der Waals surface area contributed by atoms with Crippen molar-refractivity contribution >= 4 is 16.8 Å². The third-order valence-corrected chi connectivity index (χ3v) is 4.03. The molecule has 3 aromatic carbocycles. The van der Waals surface area contributed by atoms with E-state index >= 15 is 0 Å². The zero-order valence-electron chi connectivity index (χ0n) is 13.2. The van der Waals surface area contributed by atoms with E-state index in [1.165, 1.54) is 22.4 Å². The predicted octanol–water partition coefficient (Wildman–Crippen LogP) is 5.34. The Hall–Kier alpha value is -2.45. The molecule has 0 heterocycles. The molecule has 0 aliphatic heterocycles. The van der Waals surface area contributed by atoms with Crippen molar-refractivity contribution in [3.05, 3.63) is 89.8 Å². The van der Waals surface area contributed by atoms with Crippen LogP contribution < -0.4 is 5.32 Å². The Morgan fingerprint density at radius 3 is 2.57 bits per heavy atom. The van der Waals surface area contributed by atoms with Gasteiger partial charge in [-0.15, -0.1) is 0 Å². The molecule has 1 N–H and O–H groups in total. The van der Waals surface area contributed by atoms with Crippen molar-refractivity contribution in [1.29, 1.82) is 0 Å². The molecule has 0 aromatic heterocycles. The van der Waals surface area contributed by atoms with Crippen LogP contribution in [-0.4, -0.2) is 6.54 Å². The fourth-order valence-corrected chi connectivity index (χ4v) is 2.78. The van der Waals surface area contributed by atoms with E-state index < -0.39 is 0 Å². The smallest absolute Gasteiger partial charge is 0.130 e. The zero-order chi connectivity index (χ0) is 16.1. The van der Waals surface area contributed by atoms with Crippen molar-refractivity contribution < 1.29 is 4.39 Å². The number of halogens is 1. The molecule has 0 spiro atoms. The summed E-state index contributed by atoms with van der Waals surface area (Å²) in [6.07, 6.45) is 3.78. The SMILES string of the molecule is C[C@@H](NC/C=C/c1ccccc1F)c1cccc2ccccc12. The highest BCUT2D eigenvalue weighted by molar-refractivity contribution is 5.86. The minimum Gasteiger partial charge on any atom is -0.307 e. The Morgan fingerprint density at radius 1 is 0.957 bits per heavy atom. The molecule has 2 heteroatoms. The largest absolute Gasteiger partial charge is 0.307 e. The van der Waals surface area contributed by atoms with Crippen molar-refractivity contribution in [2.24, 2.45) is 0 Å². The van der Waals surface area contributed by atoms with Crippen LogP contribution in [0.2, 0.25) is 0 Å². The van der Waals surface area contributed by atoms with Crippen molar-refractivity contribution in [2.75, 3.05) is 6.54 Å². The second-order valence-corrected chi connectivity index (χ2v) is 5.62. The van der Waals surface area contributed by atoms with Gasteiger partial charge >= 0.3 is 0 Å². The van der Waals surface area contributed by atoms with E-state index in [2.05, 4.69) is 54.7 Å². The van der Waals surface area contributed by atoms with Gasteiger partial charge in [0.05, 0.1) is 0 Å². The van der Waals surface area contributed by atoms with Crippen LogP contribution in [0.3, 0.4) is 0 Å². The molecule has 1 atom stereocenters. The van der Waals surface area contributed by atoms with Crippen molar-refractivity contribution in [1.82, 2.24) is 5.32 Å². The van der Waals surface area contributed by atoms with E-state index in [0.29, 0.717) is 12.1 Å². The minimum absolute atomic E-state index is 0.189. The third kappa shape index (κ3) is 3.66. The third-order valence-electron chi connectivity index (χ3n) is 4.03. The molecule has 0 amide bonds. The van der Waals surface area contributed by atoms with Crippen LogP contribution in [0, 0.1) is 5.82 Å². The molecule has 1 nitrogen and oxygen atoms in total. The van der Waals surface area contributed by atoms with Gasteiger partial charge in [0.15, 0.2) is 0 Å². The topological polar surface area (TPSA) is 12.0 Å². The highest BCUT2D eigenvalue weighted by Gasteiger charge is 2.07. The lowest BCUT2D eigenvalue weighted by Crippen LogP contribution is -2.18. The van der Waals surface area contributed by atoms with Gasteiger partial charge in [0.25, 0.3) is 0 Å². The summed E-state index contributed by atoms with van der Waals surface area (Å²) in [5.41, 5.74) is 1.90. The maximum Gasteiger partial charge on any atom is 0.130 e. The summed E-state index contributed by atoms with van der Waals surface area (Å²) in [4.78, 5) is 0. The minimum atomic E-state index is -0.189. The fourth-order valence-electron chi connectivity index (χ4n) is 2.78. The first-order valence-corrected chi connectivity index (χ1v) is 7.88. The fraction of sp³-hybridized carbons (Fsp3) is 0.143.